The van der Waals surface area contributed by atoms with E-state index in [4.69, 9.17) is 5.11 Å². The summed E-state index contributed by atoms with van der Waals surface area (Å²) >= 11 is 1.40. The number of carbonyl (C=O) groups excluding carboxylic acids is 8. The Bertz CT molecular complexity index is 3200. The minimum atomic E-state index is -1.40. The highest BCUT2D eigenvalue weighted by atomic mass is 32.2. The lowest BCUT2D eigenvalue weighted by Crippen LogP contribution is -2.57. The second-order valence-electron chi connectivity index (χ2n) is 22.5. The van der Waals surface area contributed by atoms with E-state index in [1.165, 1.54) is 11.8 Å². The summed E-state index contributed by atoms with van der Waals surface area (Å²) in [6.45, 7) is -0.710. The van der Waals surface area contributed by atoms with Crippen molar-refractivity contribution in [1.29, 1.82) is 0 Å². The molecule has 0 heterocycles. The molecule has 26 heteroatoms. The van der Waals surface area contributed by atoms with E-state index in [1.54, 1.807) is 60.7 Å². The molecule has 25 nitrogen and oxygen atoms in total. The SMILES string of the molecule is O=C(O)CCC(NC(=O)NCCCCC(NC(=O)CCCCCCC(=O)NCCCCC(NC(=O)C(Cc1ccccc1)NC(=O)C(Cc1ccccc1)NC(=O)CNC(=O)CNC(=O)CSC(c1ccccc1)(c1ccccc1)c1ccccc1)C(=O)O)C(=O)O)C(=O)O. The Labute approximate surface area is 555 Å². The molecular formula is C69H85N9O16S. The number of urea groups is 1. The fourth-order valence-corrected chi connectivity index (χ4v) is 11.6. The van der Waals surface area contributed by atoms with Crippen LogP contribution >= 0.6 is 11.8 Å². The summed E-state index contributed by atoms with van der Waals surface area (Å²) in [5, 5.41) is 60.8. The molecule has 0 aromatic heterocycles. The minimum Gasteiger partial charge on any atom is -0.481 e. The molecule has 5 unspecified atom stereocenters. The average molecular weight is 1330 g/mol. The van der Waals surface area contributed by atoms with Crippen molar-refractivity contribution in [3.8, 4) is 0 Å². The molecule has 0 aliphatic carbocycles. The Balaban J connectivity index is 1.03. The van der Waals surface area contributed by atoms with Gasteiger partial charge in [-0.25, -0.2) is 19.2 Å². The van der Waals surface area contributed by atoms with Crippen LogP contribution in [-0.2, 0) is 70.3 Å². The third kappa shape index (κ3) is 27.9. The molecule has 508 valence electrons. The Hall–Kier alpha value is -10.1. The number of rotatable bonds is 44. The van der Waals surface area contributed by atoms with Gasteiger partial charge in [0.15, 0.2) is 0 Å². The number of carboxylic acids is 4. The maximum atomic E-state index is 14.3. The van der Waals surface area contributed by atoms with Gasteiger partial charge in [0, 0.05) is 45.2 Å². The lowest BCUT2D eigenvalue weighted by molar-refractivity contribution is -0.142. The molecule has 0 bridgehead atoms. The summed E-state index contributed by atoms with van der Waals surface area (Å²) in [7, 11) is 0. The van der Waals surface area contributed by atoms with Gasteiger partial charge >= 0.3 is 29.9 Å². The van der Waals surface area contributed by atoms with Crippen LogP contribution in [0, 0.1) is 0 Å². The number of unbranched alkanes of at least 4 members (excludes halogenated alkanes) is 5. The maximum Gasteiger partial charge on any atom is 0.326 e. The molecule has 0 fully saturated rings. The van der Waals surface area contributed by atoms with Crippen molar-refractivity contribution < 1.29 is 78.0 Å². The predicted molar refractivity (Wildman–Crippen MR) is 354 cm³/mol. The van der Waals surface area contributed by atoms with Crippen LogP contribution in [0.25, 0.3) is 0 Å². The Morgan fingerprint density at radius 3 is 1.21 bits per heavy atom. The number of thioether (sulfide) groups is 1. The van der Waals surface area contributed by atoms with E-state index in [0.29, 0.717) is 56.1 Å². The first-order valence-electron chi connectivity index (χ1n) is 31.6. The van der Waals surface area contributed by atoms with Gasteiger partial charge in [0.25, 0.3) is 0 Å². The van der Waals surface area contributed by atoms with E-state index in [9.17, 15) is 72.9 Å². The summed E-state index contributed by atoms with van der Waals surface area (Å²) in [5.74, 6) is -9.28. The van der Waals surface area contributed by atoms with E-state index in [1.807, 2.05) is 91.0 Å². The van der Waals surface area contributed by atoms with E-state index in [-0.39, 0.29) is 76.1 Å². The number of carbonyl (C=O) groups is 12. The molecule has 0 spiro atoms. The molecule has 0 aliphatic rings. The van der Waals surface area contributed by atoms with Crippen LogP contribution in [0.3, 0.4) is 0 Å². The van der Waals surface area contributed by atoms with Crippen LogP contribution in [0.4, 0.5) is 4.79 Å². The van der Waals surface area contributed by atoms with Gasteiger partial charge in [-0.1, -0.05) is 165 Å². The fourth-order valence-electron chi connectivity index (χ4n) is 10.2. The van der Waals surface area contributed by atoms with Gasteiger partial charge in [-0.05, 0) is 85.6 Å². The highest BCUT2D eigenvalue weighted by Crippen LogP contribution is 2.48. The summed E-state index contributed by atoms with van der Waals surface area (Å²) in [5.41, 5.74) is 4.17. The highest BCUT2D eigenvalue weighted by Gasteiger charge is 2.38. The number of amides is 9. The molecule has 13 N–H and O–H groups in total. The van der Waals surface area contributed by atoms with Gasteiger partial charge in [0.1, 0.15) is 30.2 Å². The van der Waals surface area contributed by atoms with Crippen molar-refractivity contribution in [3.05, 3.63) is 179 Å². The highest BCUT2D eigenvalue weighted by molar-refractivity contribution is 8.01. The molecule has 0 radical (unpaired) electrons. The zero-order valence-corrected chi connectivity index (χ0v) is 53.6. The Kier molecular flexibility index (Phi) is 33.0. The van der Waals surface area contributed by atoms with Crippen molar-refractivity contribution in [2.45, 2.75) is 138 Å². The van der Waals surface area contributed by atoms with Gasteiger partial charge in [0.05, 0.1) is 23.6 Å². The normalized spacial score (nSPS) is 12.5. The fraction of sp³-hybridized carbons (Fsp3) is 0.391. The molecule has 0 aliphatic heterocycles. The van der Waals surface area contributed by atoms with Crippen LogP contribution in [0.15, 0.2) is 152 Å². The number of hydrogen-bond donors (Lipinski definition) is 13. The molecule has 5 aromatic rings. The first-order chi connectivity index (χ1) is 45.7. The topological polar surface area (TPSA) is 394 Å². The molecule has 5 rings (SSSR count). The summed E-state index contributed by atoms with van der Waals surface area (Å²) in [4.78, 5) is 152. The van der Waals surface area contributed by atoms with Gasteiger partial charge in [-0.15, -0.1) is 11.8 Å². The van der Waals surface area contributed by atoms with Gasteiger partial charge in [-0.3, -0.25) is 38.4 Å². The molecular weight excluding hydrogens is 1240 g/mol. The lowest BCUT2D eigenvalue weighted by Gasteiger charge is -2.35. The van der Waals surface area contributed by atoms with E-state index < -0.39 is 120 Å². The van der Waals surface area contributed by atoms with Crippen LogP contribution in [0.2, 0.25) is 0 Å². The number of nitrogens with one attached hydrogen (secondary N) is 9. The third-order valence-corrected chi connectivity index (χ3v) is 16.8. The largest absolute Gasteiger partial charge is 0.481 e. The van der Waals surface area contributed by atoms with Gasteiger partial charge in [-0.2, -0.15) is 0 Å². The zero-order chi connectivity index (χ0) is 68.8. The van der Waals surface area contributed by atoms with Crippen LogP contribution in [-0.4, -0.2) is 154 Å². The summed E-state index contributed by atoms with van der Waals surface area (Å²) in [6, 6.07) is 39.6. The summed E-state index contributed by atoms with van der Waals surface area (Å²) in [6.07, 6.45) is 2.88. The number of carboxylic acid groups (broad SMARTS) is 4. The second-order valence-corrected chi connectivity index (χ2v) is 23.7. The van der Waals surface area contributed by atoms with E-state index in [0.717, 1.165) is 16.7 Å². The van der Waals surface area contributed by atoms with Crippen LogP contribution in [0.5, 0.6) is 0 Å². The van der Waals surface area contributed by atoms with Crippen LogP contribution < -0.4 is 47.9 Å². The Morgan fingerprint density at radius 1 is 0.347 bits per heavy atom. The lowest BCUT2D eigenvalue weighted by atomic mass is 9.84. The molecule has 0 saturated carbocycles. The number of benzene rings is 5. The predicted octanol–water partition coefficient (Wildman–Crippen LogP) is 4.95. The van der Waals surface area contributed by atoms with E-state index in [2.05, 4.69) is 47.9 Å². The molecule has 5 atom stereocenters. The smallest absolute Gasteiger partial charge is 0.326 e. The van der Waals surface area contributed by atoms with Crippen LogP contribution in [0.1, 0.15) is 118 Å². The number of hydrogen-bond acceptors (Lipinski definition) is 13. The third-order valence-electron chi connectivity index (χ3n) is 15.2. The van der Waals surface area contributed by atoms with Gasteiger partial charge in [0.2, 0.25) is 41.4 Å². The molecule has 9 amide bonds. The first kappa shape index (κ1) is 75.6. The molecule has 0 saturated heterocycles. The zero-order valence-electron chi connectivity index (χ0n) is 52.8. The van der Waals surface area contributed by atoms with Gasteiger partial charge < -0.3 is 68.3 Å². The monoisotopic (exact) mass is 1330 g/mol. The molecule has 95 heavy (non-hydrogen) atoms. The average Bonchev–Trinajstić information content (AvgIpc) is 0.761. The standard InChI is InChI=1S/C69H85N9O16S/c79-57(36-18-1-2-19-37-58(80)74-52(65(88)89)34-21-23-41-71-68(94)78-54(67(92)93)38-39-62(84)85)70-40-22-20-35-53(66(90)91)76-64(87)56(43-48-26-10-4-11-27-48)77-63(86)55(42-47-24-8-3-9-25-47)75-60(82)45-72-59(81)44-73-61(83)46-95-69(49-28-12-5-13-29-49,50-30-14-6-15-31-50)51-32-16-7-17-33-51/h3-17,24-33,52-56H,1-2,18-23,34-46H2,(H,70,79)(H,72,81)(H,73,83)(H,74,80)(H,75,82)(H,76,87)(H,77,86)(H,84,85)(H,88,89)(H,90,91)(H,92,93)(H2,71,78,94). The first-order valence-corrected chi connectivity index (χ1v) is 32.5. The van der Waals surface area contributed by atoms with Crippen molar-refractivity contribution in [2.75, 3.05) is 31.9 Å². The van der Waals surface area contributed by atoms with Crippen molar-refractivity contribution in [2.24, 2.45) is 0 Å². The van der Waals surface area contributed by atoms with Crippen molar-refractivity contribution in [1.82, 2.24) is 47.9 Å². The summed E-state index contributed by atoms with van der Waals surface area (Å²) < 4.78 is -0.779. The number of aliphatic carboxylic acids is 4. The molecule has 5 aromatic carbocycles. The second kappa shape index (κ2) is 41.5. The maximum absolute atomic E-state index is 14.3. The van der Waals surface area contributed by atoms with Crippen molar-refractivity contribution >= 4 is 83.0 Å². The quantitative estimate of drug-likeness (QED) is 0.0181. The Morgan fingerprint density at radius 2 is 0.737 bits per heavy atom. The van der Waals surface area contributed by atoms with Crippen molar-refractivity contribution in [3.63, 3.8) is 0 Å². The minimum absolute atomic E-state index is 0.0162. The van der Waals surface area contributed by atoms with E-state index >= 15 is 0 Å².